The van der Waals surface area contributed by atoms with Gasteiger partial charge < -0.3 is 4.90 Å². The van der Waals surface area contributed by atoms with E-state index in [-0.39, 0.29) is 6.04 Å². The fourth-order valence-corrected chi connectivity index (χ4v) is 6.30. The third-order valence-electron chi connectivity index (χ3n) is 6.29. The van der Waals surface area contributed by atoms with E-state index < -0.39 is 10.0 Å². The lowest BCUT2D eigenvalue weighted by atomic mass is 10.1. The zero-order valence-electron chi connectivity index (χ0n) is 19.5. The van der Waals surface area contributed by atoms with E-state index in [1.54, 1.807) is 6.20 Å². The number of para-hydroxylation sites is 1. The highest BCUT2D eigenvalue weighted by atomic mass is 32.2. The molecule has 4 rings (SSSR count). The number of benzene rings is 2. The molecule has 3 aromatic rings. The number of pyridine rings is 1. The summed E-state index contributed by atoms with van der Waals surface area (Å²) in [4.78, 5) is 9.40. The number of rotatable bonds is 7. The predicted octanol–water partition coefficient (Wildman–Crippen LogP) is 3.85. The SMILES string of the molecule is Cc1cc(C)c(S(=O)(=O)NC[C@@H](c2cccnc2)N2CCN(c3ccccc3)CC2)c(C)c1. The first kappa shape index (κ1) is 23.4. The third-order valence-corrected chi connectivity index (χ3v) is 8.01. The molecule has 6 nitrogen and oxygen atoms in total. The molecule has 0 spiro atoms. The normalized spacial score (nSPS) is 16.0. The second-order valence-electron chi connectivity index (χ2n) is 8.74. The average Bonchev–Trinajstić information content (AvgIpc) is 2.80. The van der Waals surface area contributed by atoms with Crippen LogP contribution in [-0.4, -0.2) is 51.0 Å². The minimum Gasteiger partial charge on any atom is -0.369 e. The van der Waals surface area contributed by atoms with E-state index in [1.807, 2.05) is 57.3 Å². The van der Waals surface area contributed by atoms with E-state index in [0.717, 1.165) is 48.4 Å². The Hall–Kier alpha value is -2.74. The predicted molar refractivity (Wildman–Crippen MR) is 133 cm³/mol. The summed E-state index contributed by atoms with van der Waals surface area (Å²) >= 11 is 0. The van der Waals surface area contributed by atoms with Crippen molar-refractivity contribution >= 4 is 15.7 Å². The molecule has 0 saturated carbocycles. The summed E-state index contributed by atoms with van der Waals surface area (Å²) < 4.78 is 29.5. The first-order valence-corrected chi connectivity index (χ1v) is 12.8. The van der Waals surface area contributed by atoms with Crippen LogP contribution < -0.4 is 9.62 Å². The first-order valence-electron chi connectivity index (χ1n) is 11.4. The number of sulfonamides is 1. The van der Waals surface area contributed by atoms with Gasteiger partial charge in [0.2, 0.25) is 10.0 Å². The topological polar surface area (TPSA) is 65.5 Å². The number of nitrogens with one attached hydrogen (secondary N) is 1. The van der Waals surface area contributed by atoms with Crippen molar-refractivity contribution in [3.05, 3.63) is 89.2 Å². The van der Waals surface area contributed by atoms with Gasteiger partial charge in [-0.15, -0.1) is 0 Å². The molecule has 2 aromatic carbocycles. The number of piperazine rings is 1. The van der Waals surface area contributed by atoms with Crippen LogP contribution in [0.2, 0.25) is 0 Å². The second kappa shape index (κ2) is 10.0. The lowest BCUT2D eigenvalue weighted by Crippen LogP contribution is -2.50. The van der Waals surface area contributed by atoms with E-state index in [9.17, 15) is 8.42 Å². The van der Waals surface area contributed by atoms with Crippen molar-refractivity contribution in [1.29, 1.82) is 0 Å². The second-order valence-corrected chi connectivity index (χ2v) is 10.4. The standard InChI is InChI=1S/C26H32N4O2S/c1-20-16-21(2)26(22(3)17-20)33(31,32)28-19-25(23-8-7-11-27-18-23)30-14-12-29(13-15-30)24-9-5-4-6-10-24/h4-11,16-18,25,28H,12-15,19H2,1-3H3/t25-/m0/s1. The van der Waals surface area contributed by atoms with Crippen LogP contribution in [0.4, 0.5) is 5.69 Å². The van der Waals surface area contributed by atoms with Crippen LogP contribution in [0.15, 0.2) is 71.9 Å². The smallest absolute Gasteiger partial charge is 0.241 e. The Bertz CT molecular complexity index is 1150. The number of aromatic nitrogens is 1. The Morgan fingerprint density at radius 3 is 2.21 bits per heavy atom. The fourth-order valence-electron chi connectivity index (χ4n) is 4.81. The summed E-state index contributed by atoms with van der Waals surface area (Å²) in [7, 11) is -3.64. The Balaban J connectivity index is 1.52. The quantitative estimate of drug-likeness (QED) is 0.575. The molecule has 0 unspecified atom stereocenters. The maximum absolute atomic E-state index is 13.3. The monoisotopic (exact) mass is 464 g/mol. The molecule has 1 fully saturated rings. The number of hydrogen-bond acceptors (Lipinski definition) is 5. The number of aryl methyl sites for hydroxylation is 3. The van der Waals surface area contributed by atoms with Gasteiger partial charge in [0.25, 0.3) is 0 Å². The molecule has 1 atom stereocenters. The zero-order valence-corrected chi connectivity index (χ0v) is 20.3. The van der Waals surface area contributed by atoms with Crippen LogP contribution in [0, 0.1) is 20.8 Å². The molecule has 7 heteroatoms. The van der Waals surface area contributed by atoms with Gasteiger partial charge in [-0.3, -0.25) is 9.88 Å². The summed E-state index contributed by atoms with van der Waals surface area (Å²) in [5.74, 6) is 0. The molecule has 0 amide bonds. The minimum absolute atomic E-state index is 0.0857. The molecule has 1 aliphatic heterocycles. The van der Waals surface area contributed by atoms with Crippen molar-refractivity contribution in [3.63, 3.8) is 0 Å². The minimum atomic E-state index is -3.64. The van der Waals surface area contributed by atoms with Gasteiger partial charge in [-0.25, -0.2) is 13.1 Å². The van der Waals surface area contributed by atoms with Gasteiger partial charge in [-0.1, -0.05) is 42.0 Å². The first-order chi connectivity index (χ1) is 15.8. The lowest BCUT2D eigenvalue weighted by molar-refractivity contribution is 0.186. The molecular formula is C26H32N4O2S. The maximum Gasteiger partial charge on any atom is 0.241 e. The molecule has 0 bridgehead atoms. The molecular weight excluding hydrogens is 432 g/mol. The number of anilines is 1. The largest absolute Gasteiger partial charge is 0.369 e. The van der Waals surface area contributed by atoms with E-state index in [2.05, 4.69) is 43.8 Å². The van der Waals surface area contributed by atoms with Gasteiger partial charge in [0.05, 0.1) is 10.9 Å². The van der Waals surface area contributed by atoms with E-state index in [1.165, 1.54) is 5.69 Å². The van der Waals surface area contributed by atoms with Crippen LogP contribution in [0.25, 0.3) is 0 Å². The number of nitrogens with zero attached hydrogens (tertiary/aromatic N) is 3. The lowest BCUT2D eigenvalue weighted by Gasteiger charge is -2.40. The molecule has 0 aliphatic carbocycles. The van der Waals surface area contributed by atoms with Gasteiger partial charge >= 0.3 is 0 Å². The van der Waals surface area contributed by atoms with E-state index in [0.29, 0.717) is 11.4 Å². The summed E-state index contributed by atoms with van der Waals surface area (Å²) in [5.41, 5.74) is 4.85. The highest BCUT2D eigenvalue weighted by Crippen LogP contribution is 2.26. The van der Waals surface area contributed by atoms with Crippen LogP contribution in [-0.2, 0) is 10.0 Å². The molecule has 0 radical (unpaired) electrons. The maximum atomic E-state index is 13.3. The van der Waals surface area contributed by atoms with Gasteiger partial charge in [-0.2, -0.15) is 0 Å². The average molecular weight is 465 g/mol. The summed E-state index contributed by atoms with van der Waals surface area (Å²) in [6, 6.07) is 18.1. The molecule has 174 valence electrons. The zero-order chi connectivity index (χ0) is 23.4. The molecule has 33 heavy (non-hydrogen) atoms. The van der Waals surface area contributed by atoms with Gasteiger partial charge in [0.15, 0.2) is 0 Å². The molecule has 1 aromatic heterocycles. The van der Waals surface area contributed by atoms with Crippen molar-refractivity contribution in [2.45, 2.75) is 31.7 Å². The van der Waals surface area contributed by atoms with E-state index in [4.69, 9.17) is 0 Å². The summed E-state index contributed by atoms with van der Waals surface area (Å²) in [6.07, 6.45) is 3.59. The van der Waals surface area contributed by atoms with Crippen molar-refractivity contribution < 1.29 is 8.42 Å². The van der Waals surface area contributed by atoms with Crippen LogP contribution >= 0.6 is 0 Å². The highest BCUT2D eigenvalue weighted by molar-refractivity contribution is 7.89. The third kappa shape index (κ3) is 5.43. The van der Waals surface area contributed by atoms with Crippen LogP contribution in [0.5, 0.6) is 0 Å². The summed E-state index contributed by atoms with van der Waals surface area (Å²) in [6.45, 7) is 9.47. The molecule has 1 N–H and O–H groups in total. The Labute approximate surface area is 197 Å². The fraction of sp³-hybridized carbons (Fsp3) is 0.346. The van der Waals surface area contributed by atoms with Crippen LogP contribution in [0.3, 0.4) is 0 Å². The molecule has 2 heterocycles. The van der Waals surface area contributed by atoms with Crippen LogP contribution in [0.1, 0.15) is 28.3 Å². The molecule has 1 aliphatic rings. The van der Waals surface area contributed by atoms with Crippen molar-refractivity contribution in [3.8, 4) is 0 Å². The van der Waals surface area contributed by atoms with Gasteiger partial charge in [0, 0.05) is 50.8 Å². The summed E-state index contributed by atoms with van der Waals surface area (Å²) in [5, 5.41) is 0. The Morgan fingerprint density at radius 2 is 1.61 bits per heavy atom. The molecule has 1 saturated heterocycles. The van der Waals surface area contributed by atoms with Gasteiger partial charge in [-0.05, 0) is 55.7 Å². The van der Waals surface area contributed by atoms with Crippen molar-refractivity contribution in [1.82, 2.24) is 14.6 Å². The van der Waals surface area contributed by atoms with Crippen molar-refractivity contribution in [2.75, 3.05) is 37.6 Å². The van der Waals surface area contributed by atoms with Gasteiger partial charge in [0.1, 0.15) is 0 Å². The highest BCUT2D eigenvalue weighted by Gasteiger charge is 2.28. The number of hydrogen-bond donors (Lipinski definition) is 1. The van der Waals surface area contributed by atoms with Crippen molar-refractivity contribution in [2.24, 2.45) is 0 Å². The Kier molecular flexibility index (Phi) is 7.12. The Morgan fingerprint density at radius 1 is 0.939 bits per heavy atom. The van der Waals surface area contributed by atoms with E-state index >= 15 is 0 Å².